The third kappa shape index (κ3) is 3.86. The minimum Gasteiger partial charge on any atom is -0.334 e. The zero-order valence-corrected chi connectivity index (χ0v) is 8.88. The molecule has 1 rings (SSSR count). The van der Waals surface area contributed by atoms with Gasteiger partial charge in [0.05, 0.1) is 0 Å². The van der Waals surface area contributed by atoms with Gasteiger partial charge in [-0.15, -0.1) is 6.58 Å². The number of rotatable bonds is 3. The van der Waals surface area contributed by atoms with Crippen LogP contribution in [0.1, 0.15) is 5.56 Å². The third-order valence-electron chi connectivity index (χ3n) is 1.56. The molecule has 15 heavy (non-hydrogen) atoms. The number of nitrogens with one attached hydrogen (secondary N) is 2. The Morgan fingerprint density at radius 1 is 1.67 bits per heavy atom. The number of amides is 2. The van der Waals surface area contributed by atoms with Gasteiger partial charge in [-0.3, -0.25) is 10.3 Å². The maximum atomic E-state index is 11.2. The quantitative estimate of drug-likeness (QED) is 0.596. The fourth-order valence-electron chi connectivity index (χ4n) is 0.881. The van der Waals surface area contributed by atoms with Crippen molar-refractivity contribution in [2.75, 3.05) is 6.54 Å². The van der Waals surface area contributed by atoms with Gasteiger partial charge < -0.3 is 5.32 Å². The smallest absolute Gasteiger partial charge is 0.320 e. The molecule has 0 bridgehead atoms. The topological polar surface area (TPSA) is 54.0 Å². The van der Waals surface area contributed by atoms with Crippen molar-refractivity contribution in [2.45, 2.75) is 0 Å². The Morgan fingerprint density at radius 2 is 2.47 bits per heavy atom. The van der Waals surface area contributed by atoms with Crippen LogP contribution in [-0.4, -0.2) is 22.5 Å². The number of nitrogens with zero attached hydrogens (tertiary/aromatic N) is 1. The third-order valence-corrected chi connectivity index (χ3v) is 1.90. The molecule has 1 aromatic heterocycles. The molecule has 0 aliphatic rings. The highest BCUT2D eigenvalue weighted by Crippen LogP contribution is 1.96. The molecule has 78 valence electrons. The van der Waals surface area contributed by atoms with Crippen LogP contribution in [0.25, 0.3) is 0 Å². The van der Waals surface area contributed by atoms with E-state index in [0.29, 0.717) is 17.1 Å². The first-order chi connectivity index (χ1) is 7.24. The van der Waals surface area contributed by atoms with E-state index >= 15 is 0 Å². The largest absolute Gasteiger partial charge is 0.334 e. The molecule has 0 aliphatic carbocycles. The van der Waals surface area contributed by atoms with E-state index in [-0.39, 0.29) is 6.03 Å². The molecule has 0 radical (unpaired) electrons. The number of hydrogen-bond donors (Lipinski definition) is 2. The summed E-state index contributed by atoms with van der Waals surface area (Å²) >= 11 is 5.01. The monoisotopic (exact) mass is 221 g/mol. The zero-order chi connectivity index (χ0) is 11.1. The standard InChI is InChI=1S/C10H11N3OS/c1-2-5-12-10(14)13-9(15)8-4-3-6-11-7-8/h2-4,6-7H,1,5H2,(H2,12,13,14,15). The normalized spacial score (nSPS) is 9.07. The lowest BCUT2D eigenvalue weighted by Crippen LogP contribution is -2.38. The fourth-order valence-corrected chi connectivity index (χ4v) is 1.09. The summed E-state index contributed by atoms with van der Waals surface area (Å²) in [6, 6.07) is 3.19. The number of carbonyl (C=O) groups excluding carboxylic acids is 1. The molecule has 0 fully saturated rings. The first-order valence-electron chi connectivity index (χ1n) is 4.34. The first kappa shape index (κ1) is 11.3. The molecular formula is C10H11N3OS. The van der Waals surface area contributed by atoms with E-state index in [1.807, 2.05) is 0 Å². The van der Waals surface area contributed by atoms with Gasteiger partial charge in [-0.2, -0.15) is 0 Å². The summed E-state index contributed by atoms with van der Waals surface area (Å²) in [5.41, 5.74) is 0.709. The van der Waals surface area contributed by atoms with Crippen LogP contribution in [0.15, 0.2) is 37.2 Å². The molecule has 0 aliphatic heterocycles. The van der Waals surface area contributed by atoms with Crippen LogP contribution in [-0.2, 0) is 0 Å². The van der Waals surface area contributed by atoms with E-state index in [9.17, 15) is 4.79 Å². The van der Waals surface area contributed by atoms with Crippen LogP contribution in [0.4, 0.5) is 4.79 Å². The van der Waals surface area contributed by atoms with Crippen molar-refractivity contribution in [1.29, 1.82) is 0 Å². The predicted molar refractivity (Wildman–Crippen MR) is 62.7 cm³/mol. The van der Waals surface area contributed by atoms with Crippen LogP contribution in [0.2, 0.25) is 0 Å². The lowest BCUT2D eigenvalue weighted by molar-refractivity contribution is 0.246. The first-order valence-corrected chi connectivity index (χ1v) is 4.75. The molecule has 0 spiro atoms. The number of thiocarbonyl (C=S) groups is 1. The molecule has 2 amide bonds. The molecule has 0 aromatic carbocycles. The van der Waals surface area contributed by atoms with E-state index < -0.39 is 0 Å². The summed E-state index contributed by atoms with van der Waals surface area (Å²) < 4.78 is 0. The van der Waals surface area contributed by atoms with E-state index in [2.05, 4.69) is 22.2 Å². The number of hydrogen-bond acceptors (Lipinski definition) is 3. The summed E-state index contributed by atoms with van der Waals surface area (Å²) in [4.78, 5) is 15.5. The second kappa shape index (κ2) is 5.87. The summed E-state index contributed by atoms with van der Waals surface area (Å²) in [6.45, 7) is 3.89. The van der Waals surface area contributed by atoms with Crippen molar-refractivity contribution in [1.82, 2.24) is 15.6 Å². The highest BCUT2D eigenvalue weighted by atomic mass is 32.1. The maximum absolute atomic E-state index is 11.2. The molecule has 1 aromatic rings. The highest BCUT2D eigenvalue weighted by Gasteiger charge is 2.04. The average Bonchev–Trinajstić information content (AvgIpc) is 2.27. The summed E-state index contributed by atoms with van der Waals surface area (Å²) in [6.07, 6.45) is 4.83. The second-order valence-electron chi connectivity index (χ2n) is 2.69. The number of carbonyl (C=O) groups is 1. The number of pyridine rings is 1. The van der Waals surface area contributed by atoms with Crippen LogP contribution < -0.4 is 10.6 Å². The molecule has 4 nitrogen and oxygen atoms in total. The van der Waals surface area contributed by atoms with Gasteiger partial charge >= 0.3 is 6.03 Å². The van der Waals surface area contributed by atoms with Crippen molar-refractivity contribution in [2.24, 2.45) is 0 Å². The molecule has 2 N–H and O–H groups in total. The number of urea groups is 1. The van der Waals surface area contributed by atoms with Crippen LogP contribution in [0.5, 0.6) is 0 Å². The minimum absolute atomic E-state index is 0.344. The Hall–Kier alpha value is -1.75. The van der Waals surface area contributed by atoms with Gasteiger partial charge in [0.2, 0.25) is 0 Å². The lowest BCUT2D eigenvalue weighted by atomic mass is 10.3. The van der Waals surface area contributed by atoms with Crippen LogP contribution >= 0.6 is 12.2 Å². The van der Waals surface area contributed by atoms with Gasteiger partial charge in [-0.1, -0.05) is 18.3 Å². The molecule has 1 heterocycles. The van der Waals surface area contributed by atoms with Gasteiger partial charge in [0.1, 0.15) is 4.99 Å². The fraction of sp³-hybridized carbons (Fsp3) is 0.100. The van der Waals surface area contributed by atoms with Crippen molar-refractivity contribution in [3.05, 3.63) is 42.7 Å². The molecule has 0 saturated heterocycles. The lowest BCUT2D eigenvalue weighted by Gasteiger charge is -2.06. The number of aromatic nitrogens is 1. The minimum atomic E-state index is -0.344. The Kier molecular flexibility index (Phi) is 4.43. The van der Waals surface area contributed by atoms with Gasteiger partial charge in [-0.25, -0.2) is 4.79 Å². The average molecular weight is 221 g/mol. The SMILES string of the molecule is C=CCNC(=O)NC(=S)c1cccnc1. The van der Waals surface area contributed by atoms with Gasteiger partial charge in [0, 0.05) is 24.5 Å². The molecule has 0 saturated carbocycles. The Labute approximate surface area is 93.4 Å². The molecule has 5 heteroatoms. The zero-order valence-electron chi connectivity index (χ0n) is 8.06. The highest BCUT2D eigenvalue weighted by molar-refractivity contribution is 7.80. The molecule has 0 unspecified atom stereocenters. The molecule has 0 atom stereocenters. The second-order valence-corrected chi connectivity index (χ2v) is 3.10. The van der Waals surface area contributed by atoms with Crippen molar-refractivity contribution in [3.63, 3.8) is 0 Å². The maximum Gasteiger partial charge on any atom is 0.320 e. The van der Waals surface area contributed by atoms with Crippen molar-refractivity contribution < 1.29 is 4.79 Å². The van der Waals surface area contributed by atoms with Gasteiger partial charge in [-0.05, 0) is 12.1 Å². The Balaban J connectivity index is 2.49. The Morgan fingerprint density at radius 3 is 3.07 bits per heavy atom. The van der Waals surface area contributed by atoms with Crippen LogP contribution in [0.3, 0.4) is 0 Å². The van der Waals surface area contributed by atoms with Crippen LogP contribution in [0, 0.1) is 0 Å². The Bertz CT molecular complexity index is 364. The predicted octanol–water partition coefficient (Wildman–Crippen LogP) is 1.24. The summed E-state index contributed by atoms with van der Waals surface area (Å²) in [7, 11) is 0. The van der Waals surface area contributed by atoms with Crippen molar-refractivity contribution >= 4 is 23.2 Å². The van der Waals surface area contributed by atoms with E-state index in [1.165, 1.54) is 0 Å². The van der Waals surface area contributed by atoms with E-state index in [1.54, 1.807) is 30.6 Å². The van der Waals surface area contributed by atoms with E-state index in [4.69, 9.17) is 12.2 Å². The van der Waals surface area contributed by atoms with E-state index in [0.717, 1.165) is 0 Å². The van der Waals surface area contributed by atoms with Gasteiger partial charge in [0.15, 0.2) is 0 Å². The summed E-state index contributed by atoms with van der Waals surface area (Å²) in [5.74, 6) is 0. The summed E-state index contributed by atoms with van der Waals surface area (Å²) in [5, 5.41) is 5.08. The molecular weight excluding hydrogens is 210 g/mol. The van der Waals surface area contributed by atoms with Gasteiger partial charge in [0.25, 0.3) is 0 Å². The van der Waals surface area contributed by atoms with Crippen molar-refractivity contribution in [3.8, 4) is 0 Å².